The Kier molecular flexibility index (Phi) is 2.42. The van der Waals surface area contributed by atoms with E-state index in [0.717, 1.165) is 21.7 Å². The molecule has 0 unspecified atom stereocenters. The van der Waals surface area contributed by atoms with Gasteiger partial charge >= 0.3 is 0 Å². The Morgan fingerprint density at radius 1 is 1.38 bits per heavy atom. The lowest BCUT2D eigenvalue weighted by atomic mass is 10.2. The molecule has 66 valence electrons. The average Bonchev–Trinajstić information content (AvgIpc) is 2.53. The van der Waals surface area contributed by atoms with Crippen LogP contribution in [0.25, 0.3) is 11.3 Å². The second-order valence-corrected chi connectivity index (χ2v) is 4.23. The van der Waals surface area contributed by atoms with Gasteiger partial charge in [-0.25, -0.2) is 9.97 Å². The summed E-state index contributed by atoms with van der Waals surface area (Å²) in [5.74, 6) is 0.788. The van der Waals surface area contributed by atoms with Gasteiger partial charge in [0, 0.05) is 10.9 Å². The summed E-state index contributed by atoms with van der Waals surface area (Å²) in [6.07, 6.45) is 0. The first-order chi connectivity index (χ1) is 6.25. The normalized spacial score (nSPS) is 10.3. The molecule has 2 aromatic heterocycles. The highest BCUT2D eigenvalue weighted by Gasteiger charge is 2.02. The third-order valence-corrected chi connectivity index (χ3v) is 2.71. The zero-order valence-electron chi connectivity index (χ0n) is 6.99. The van der Waals surface area contributed by atoms with Crippen molar-refractivity contribution in [3.8, 4) is 11.3 Å². The van der Waals surface area contributed by atoms with E-state index < -0.39 is 0 Å². The second-order valence-electron chi connectivity index (χ2n) is 2.64. The van der Waals surface area contributed by atoms with Crippen molar-refractivity contribution >= 4 is 27.3 Å². The summed E-state index contributed by atoms with van der Waals surface area (Å²) in [4.78, 5) is 8.50. The van der Waals surface area contributed by atoms with Crippen LogP contribution in [-0.4, -0.2) is 9.97 Å². The van der Waals surface area contributed by atoms with Crippen molar-refractivity contribution in [2.24, 2.45) is 0 Å². The number of thiophene rings is 1. The predicted molar refractivity (Wildman–Crippen MR) is 57.8 cm³/mol. The fourth-order valence-electron chi connectivity index (χ4n) is 1.09. The van der Waals surface area contributed by atoms with Crippen LogP contribution < -0.4 is 0 Å². The number of aryl methyl sites for hydroxylation is 1. The van der Waals surface area contributed by atoms with Gasteiger partial charge in [0.15, 0.2) is 0 Å². The Morgan fingerprint density at radius 3 is 2.85 bits per heavy atom. The zero-order chi connectivity index (χ0) is 9.26. The van der Waals surface area contributed by atoms with Crippen LogP contribution in [0.15, 0.2) is 27.5 Å². The van der Waals surface area contributed by atoms with Gasteiger partial charge in [-0.1, -0.05) is 0 Å². The minimum atomic E-state index is 0.788. The van der Waals surface area contributed by atoms with E-state index in [4.69, 9.17) is 0 Å². The van der Waals surface area contributed by atoms with E-state index in [-0.39, 0.29) is 0 Å². The summed E-state index contributed by atoms with van der Waals surface area (Å²) in [7, 11) is 0. The van der Waals surface area contributed by atoms with Gasteiger partial charge in [-0.15, -0.1) is 0 Å². The van der Waals surface area contributed by atoms with E-state index in [1.54, 1.807) is 11.3 Å². The van der Waals surface area contributed by atoms with Gasteiger partial charge in [0.25, 0.3) is 0 Å². The quantitative estimate of drug-likeness (QED) is 0.731. The molecule has 0 fully saturated rings. The fourth-order valence-corrected chi connectivity index (χ4v) is 2.21. The van der Waals surface area contributed by atoms with Crippen molar-refractivity contribution in [3.63, 3.8) is 0 Å². The maximum atomic E-state index is 4.34. The highest BCUT2D eigenvalue weighted by atomic mass is 79.9. The van der Waals surface area contributed by atoms with Crippen LogP contribution in [0.4, 0.5) is 0 Å². The molecular formula is C9H7BrN2S. The minimum Gasteiger partial charge on any atom is -0.233 e. The van der Waals surface area contributed by atoms with Gasteiger partial charge in [-0.05, 0) is 40.4 Å². The monoisotopic (exact) mass is 254 g/mol. The van der Waals surface area contributed by atoms with Crippen molar-refractivity contribution in [3.05, 3.63) is 33.3 Å². The minimum absolute atomic E-state index is 0.788. The first-order valence-corrected chi connectivity index (χ1v) is 5.53. The molecule has 2 nitrogen and oxygen atoms in total. The van der Waals surface area contributed by atoms with Crippen molar-refractivity contribution < 1.29 is 0 Å². The van der Waals surface area contributed by atoms with E-state index in [0.29, 0.717) is 0 Å². The highest BCUT2D eigenvalue weighted by molar-refractivity contribution is 9.10. The van der Waals surface area contributed by atoms with Gasteiger partial charge in [0.05, 0.1) is 5.69 Å². The summed E-state index contributed by atoms with van der Waals surface area (Å²) >= 11 is 5.02. The summed E-state index contributed by atoms with van der Waals surface area (Å²) < 4.78 is 0.834. The zero-order valence-corrected chi connectivity index (χ0v) is 9.39. The maximum Gasteiger partial charge on any atom is 0.127 e. The predicted octanol–water partition coefficient (Wildman–Crippen LogP) is 3.28. The average molecular weight is 255 g/mol. The van der Waals surface area contributed by atoms with E-state index in [2.05, 4.69) is 37.3 Å². The molecule has 0 saturated carbocycles. The molecule has 2 heterocycles. The molecule has 0 aliphatic heterocycles. The van der Waals surface area contributed by atoms with Crippen LogP contribution in [0, 0.1) is 6.92 Å². The summed E-state index contributed by atoms with van der Waals surface area (Å²) in [6, 6.07) is 3.98. The van der Waals surface area contributed by atoms with Gasteiger partial charge in [0.2, 0.25) is 0 Å². The van der Waals surface area contributed by atoms with Crippen LogP contribution in [0.5, 0.6) is 0 Å². The van der Waals surface area contributed by atoms with Gasteiger partial charge in [0.1, 0.15) is 10.4 Å². The van der Waals surface area contributed by atoms with Crippen molar-refractivity contribution in [1.29, 1.82) is 0 Å². The molecule has 0 N–H and O–H groups in total. The highest BCUT2D eigenvalue weighted by Crippen LogP contribution is 2.22. The SMILES string of the molecule is Cc1nc(Br)cc(-c2ccsc2)n1. The summed E-state index contributed by atoms with van der Waals surface area (Å²) in [5.41, 5.74) is 2.12. The third-order valence-electron chi connectivity index (χ3n) is 1.62. The summed E-state index contributed by atoms with van der Waals surface area (Å²) in [5, 5.41) is 4.12. The molecule has 0 aliphatic rings. The van der Waals surface area contributed by atoms with E-state index in [1.807, 2.05) is 18.4 Å². The van der Waals surface area contributed by atoms with Gasteiger partial charge < -0.3 is 0 Å². The van der Waals surface area contributed by atoms with Crippen LogP contribution >= 0.6 is 27.3 Å². The molecular weight excluding hydrogens is 248 g/mol. The van der Waals surface area contributed by atoms with Crippen LogP contribution in [0.1, 0.15) is 5.82 Å². The number of nitrogens with zero attached hydrogens (tertiary/aromatic N) is 2. The number of hydrogen-bond acceptors (Lipinski definition) is 3. The number of rotatable bonds is 1. The number of hydrogen-bond donors (Lipinski definition) is 0. The molecule has 0 radical (unpaired) electrons. The third kappa shape index (κ3) is 1.95. The van der Waals surface area contributed by atoms with Crippen LogP contribution in [-0.2, 0) is 0 Å². The van der Waals surface area contributed by atoms with Gasteiger partial charge in [-0.2, -0.15) is 11.3 Å². The first-order valence-electron chi connectivity index (χ1n) is 3.79. The maximum absolute atomic E-state index is 4.34. The molecule has 0 bridgehead atoms. The number of aromatic nitrogens is 2. The molecule has 0 aliphatic carbocycles. The molecule has 0 amide bonds. The Bertz CT molecular complexity index is 391. The fraction of sp³-hybridized carbons (Fsp3) is 0.111. The van der Waals surface area contributed by atoms with Crippen molar-refractivity contribution in [2.45, 2.75) is 6.92 Å². The van der Waals surface area contributed by atoms with E-state index in [1.165, 1.54) is 0 Å². The smallest absolute Gasteiger partial charge is 0.127 e. The van der Waals surface area contributed by atoms with Crippen LogP contribution in [0.3, 0.4) is 0 Å². The Labute approximate surface area is 88.8 Å². The molecule has 4 heteroatoms. The van der Waals surface area contributed by atoms with E-state index in [9.17, 15) is 0 Å². The topological polar surface area (TPSA) is 25.8 Å². The number of halogens is 1. The molecule has 0 spiro atoms. The largest absolute Gasteiger partial charge is 0.233 e. The molecule has 0 aromatic carbocycles. The van der Waals surface area contributed by atoms with E-state index >= 15 is 0 Å². The Balaban J connectivity index is 2.53. The molecule has 0 saturated heterocycles. The van der Waals surface area contributed by atoms with Crippen LogP contribution in [0.2, 0.25) is 0 Å². The Hall–Kier alpha value is -0.740. The summed E-state index contributed by atoms with van der Waals surface area (Å²) in [6.45, 7) is 1.89. The lowest BCUT2D eigenvalue weighted by molar-refractivity contribution is 1.04. The molecule has 2 aromatic rings. The lowest BCUT2D eigenvalue weighted by Gasteiger charge is -1.99. The standard InChI is InChI=1S/C9H7BrN2S/c1-6-11-8(4-9(10)12-6)7-2-3-13-5-7/h2-5H,1H3. The molecule has 0 atom stereocenters. The van der Waals surface area contributed by atoms with Gasteiger partial charge in [-0.3, -0.25) is 0 Å². The first kappa shape index (κ1) is 8.84. The van der Waals surface area contributed by atoms with Crippen molar-refractivity contribution in [1.82, 2.24) is 9.97 Å². The molecule has 2 rings (SSSR count). The molecule has 13 heavy (non-hydrogen) atoms. The Morgan fingerprint density at radius 2 is 2.23 bits per heavy atom. The second kappa shape index (κ2) is 3.55. The van der Waals surface area contributed by atoms with Crippen molar-refractivity contribution in [2.75, 3.05) is 0 Å². The lowest BCUT2D eigenvalue weighted by Crippen LogP contribution is -1.90.